The molecule has 0 radical (unpaired) electrons. The molecule has 0 aromatic heterocycles. The molecule has 2 aliphatic heterocycles. The van der Waals surface area contributed by atoms with E-state index >= 15 is 0 Å². The van der Waals surface area contributed by atoms with Gasteiger partial charge in [0.05, 0.1) is 10.0 Å². The number of hydrogen-bond acceptors (Lipinski definition) is 3. The highest BCUT2D eigenvalue weighted by Crippen LogP contribution is 2.28. The molecular weight excluding hydrogens is 383 g/mol. The molecule has 2 amide bonds. The lowest BCUT2D eigenvalue weighted by Gasteiger charge is -2.40. The van der Waals surface area contributed by atoms with Gasteiger partial charge in [-0.25, -0.2) is 4.79 Å². The number of hydrogen-bond donors (Lipinski definition) is 2. The van der Waals surface area contributed by atoms with Crippen molar-refractivity contribution in [3.8, 4) is 0 Å². The van der Waals surface area contributed by atoms with Crippen molar-refractivity contribution in [2.24, 2.45) is 0 Å². The van der Waals surface area contributed by atoms with Crippen LogP contribution in [-0.2, 0) is 0 Å². The molecule has 0 bridgehead atoms. The molecular formula is C20H30Cl2N4O. The number of likely N-dealkylation sites (tertiary alicyclic amines) is 1. The van der Waals surface area contributed by atoms with E-state index in [2.05, 4.69) is 21.6 Å². The largest absolute Gasteiger partial charge is 0.338 e. The first-order chi connectivity index (χ1) is 13.1. The van der Waals surface area contributed by atoms with Gasteiger partial charge in [0.1, 0.15) is 0 Å². The second-order valence-electron chi connectivity index (χ2n) is 7.57. The fourth-order valence-corrected chi connectivity index (χ4v) is 4.50. The second-order valence-corrected chi connectivity index (χ2v) is 8.38. The van der Waals surface area contributed by atoms with Gasteiger partial charge in [0.25, 0.3) is 0 Å². The molecule has 5 nitrogen and oxygen atoms in total. The van der Waals surface area contributed by atoms with E-state index in [4.69, 9.17) is 23.2 Å². The maximum Gasteiger partial charge on any atom is 0.317 e. The lowest BCUT2D eigenvalue weighted by Crippen LogP contribution is -2.54. The molecule has 0 spiro atoms. The average molecular weight is 413 g/mol. The summed E-state index contributed by atoms with van der Waals surface area (Å²) in [7, 11) is 1.99. The Morgan fingerprint density at radius 3 is 2.67 bits per heavy atom. The number of carbonyl (C=O) groups excluding carboxylic acids is 1. The van der Waals surface area contributed by atoms with Crippen molar-refractivity contribution in [2.45, 2.75) is 37.6 Å². The fourth-order valence-electron chi connectivity index (χ4n) is 4.19. The highest BCUT2D eigenvalue weighted by molar-refractivity contribution is 6.42. The predicted octanol–water partition coefficient (Wildman–Crippen LogP) is 3.57. The maximum absolute atomic E-state index is 12.0. The minimum absolute atomic E-state index is 0.119. The zero-order valence-corrected chi connectivity index (χ0v) is 17.5. The van der Waals surface area contributed by atoms with E-state index in [1.807, 2.05) is 24.1 Å². The summed E-state index contributed by atoms with van der Waals surface area (Å²) >= 11 is 12.3. The van der Waals surface area contributed by atoms with E-state index in [0.717, 1.165) is 65.0 Å². The smallest absolute Gasteiger partial charge is 0.317 e. The van der Waals surface area contributed by atoms with Crippen molar-refractivity contribution in [2.75, 3.05) is 46.3 Å². The van der Waals surface area contributed by atoms with Crippen molar-refractivity contribution >= 4 is 29.2 Å². The molecule has 3 rings (SSSR count). The molecule has 1 aromatic carbocycles. The highest BCUT2D eigenvalue weighted by Gasteiger charge is 2.29. The first-order valence-corrected chi connectivity index (χ1v) is 10.7. The van der Waals surface area contributed by atoms with Crippen molar-refractivity contribution in [3.63, 3.8) is 0 Å². The van der Waals surface area contributed by atoms with Crippen LogP contribution in [0.4, 0.5) is 4.79 Å². The van der Waals surface area contributed by atoms with Crippen LogP contribution < -0.4 is 10.6 Å². The SMILES string of the molecule is CNCC(CCN1CCC(N2CCCNC2=O)CC1)c1ccc(Cl)c(Cl)c1. The Labute approximate surface area is 172 Å². The summed E-state index contributed by atoms with van der Waals surface area (Å²) in [6.45, 7) is 5.81. The van der Waals surface area contributed by atoms with Crippen LogP contribution in [0.25, 0.3) is 0 Å². The minimum Gasteiger partial charge on any atom is -0.338 e. The van der Waals surface area contributed by atoms with Crippen LogP contribution in [-0.4, -0.2) is 68.2 Å². The van der Waals surface area contributed by atoms with Crippen LogP contribution in [0.3, 0.4) is 0 Å². The van der Waals surface area contributed by atoms with Crippen molar-refractivity contribution < 1.29 is 4.79 Å². The average Bonchev–Trinajstić information content (AvgIpc) is 2.68. The summed E-state index contributed by atoms with van der Waals surface area (Å²) < 4.78 is 0. The van der Waals surface area contributed by atoms with Crippen molar-refractivity contribution in [3.05, 3.63) is 33.8 Å². The standard InChI is InChI=1S/C20H30Cl2N4O/c1-23-14-16(15-3-4-18(21)19(22)13-15)5-10-25-11-6-17(7-12-25)26-9-2-8-24-20(26)27/h3-4,13,16-17,23H,2,5-12,14H2,1H3,(H,24,27). The highest BCUT2D eigenvalue weighted by atomic mass is 35.5. The van der Waals surface area contributed by atoms with E-state index in [1.165, 1.54) is 5.56 Å². The third kappa shape index (κ3) is 5.50. The normalized spacial score (nSPS) is 20.6. The summed E-state index contributed by atoms with van der Waals surface area (Å²) in [5.41, 5.74) is 1.23. The third-order valence-corrected chi connectivity index (χ3v) is 6.51. The summed E-state index contributed by atoms with van der Waals surface area (Å²) in [4.78, 5) is 16.6. The number of rotatable bonds is 7. The molecule has 1 atom stereocenters. The Balaban J connectivity index is 1.50. The van der Waals surface area contributed by atoms with Crippen LogP contribution in [0.5, 0.6) is 0 Å². The number of amides is 2. The number of urea groups is 1. The lowest BCUT2D eigenvalue weighted by molar-refractivity contribution is 0.110. The Hall–Kier alpha value is -1.01. The van der Waals surface area contributed by atoms with E-state index in [-0.39, 0.29) is 6.03 Å². The Morgan fingerprint density at radius 1 is 1.22 bits per heavy atom. The Morgan fingerprint density at radius 2 is 2.00 bits per heavy atom. The van der Waals surface area contributed by atoms with E-state index in [9.17, 15) is 4.79 Å². The van der Waals surface area contributed by atoms with Gasteiger partial charge in [-0.3, -0.25) is 0 Å². The van der Waals surface area contributed by atoms with Crippen LogP contribution in [0.2, 0.25) is 10.0 Å². The van der Waals surface area contributed by atoms with Crippen LogP contribution >= 0.6 is 23.2 Å². The monoisotopic (exact) mass is 412 g/mol. The van der Waals surface area contributed by atoms with E-state index in [0.29, 0.717) is 22.0 Å². The van der Waals surface area contributed by atoms with Gasteiger partial charge in [0.2, 0.25) is 0 Å². The molecule has 1 aromatic rings. The molecule has 27 heavy (non-hydrogen) atoms. The number of piperidine rings is 1. The van der Waals surface area contributed by atoms with Gasteiger partial charge in [-0.1, -0.05) is 29.3 Å². The number of nitrogens with zero attached hydrogens (tertiary/aromatic N) is 2. The molecule has 1 unspecified atom stereocenters. The van der Waals surface area contributed by atoms with Gasteiger partial charge in [-0.05, 0) is 62.9 Å². The zero-order chi connectivity index (χ0) is 19.2. The van der Waals surface area contributed by atoms with Crippen molar-refractivity contribution in [1.82, 2.24) is 20.4 Å². The van der Waals surface area contributed by atoms with Gasteiger partial charge in [0, 0.05) is 38.8 Å². The minimum atomic E-state index is 0.119. The van der Waals surface area contributed by atoms with Gasteiger partial charge in [-0.2, -0.15) is 0 Å². The first kappa shape index (κ1) is 20.7. The van der Waals surface area contributed by atoms with E-state index < -0.39 is 0 Å². The van der Waals surface area contributed by atoms with Crippen LogP contribution in [0.1, 0.15) is 37.2 Å². The first-order valence-electron chi connectivity index (χ1n) is 9.95. The summed E-state index contributed by atoms with van der Waals surface area (Å²) in [6, 6.07) is 6.47. The molecule has 0 saturated carbocycles. The number of benzene rings is 1. The Kier molecular flexibility index (Phi) is 7.65. The molecule has 0 aliphatic carbocycles. The summed E-state index contributed by atoms with van der Waals surface area (Å²) in [6.07, 6.45) is 4.27. The van der Waals surface area contributed by atoms with Gasteiger partial charge in [0.15, 0.2) is 0 Å². The zero-order valence-electron chi connectivity index (χ0n) is 16.0. The lowest BCUT2D eigenvalue weighted by atomic mass is 9.94. The molecule has 2 aliphatic rings. The van der Waals surface area contributed by atoms with Crippen molar-refractivity contribution in [1.29, 1.82) is 0 Å². The van der Waals surface area contributed by atoms with E-state index in [1.54, 1.807) is 0 Å². The molecule has 2 fully saturated rings. The quantitative estimate of drug-likeness (QED) is 0.719. The Bertz CT molecular complexity index is 634. The summed E-state index contributed by atoms with van der Waals surface area (Å²) in [5, 5.41) is 7.49. The fraction of sp³-hybridized carbons (Fsp3) is 0.650. The summed E-state index contributed by atoms with van der Waals surface area (Å²) in [5.74, 6) is 0.412. The predicted molar refractivity (Wildman–Crippen MR) is 112 cm³/mol. The number of carbonyl (C=O) groups is 1. The number of halogens is 2. The molecule has 2 heterocycles. The molecule has 150 valence electrons. The number of nitrogens with one attached hydrogen (secondary N) is 2. The third-order valence-electron chi connectivity index (χ3n) is 5.77. The maximum atomic E-state index is 12.0. The van der Waals surface area contributed by atoms with Gasteiger partial charge < -0.3 is 20.4 Å². The topological polar surface area (TPSA) is 47.6 Å². The second kappa shape index (κ2) is 9.97. The van der Waals surface area contributed by atoms with Crippen LogP contribution in [0.15, 0.2) is 18.2 Å². The van der Waals surface area contributed by atoms with Gasteiger partial charge >= 0.3 is 6.03 Å². The number of likely N-dealkylation sites (N-methyl/N-ethyl adjacent to an activating group) is 1. The van der Waals surface area contributed by atoms with Gasteiger partial charge in [-0.15, -0.1) is 0 Å². The molecule has 7 heteroatoms. The molecule has 2 saturated heterocycles. The molecule has 2 N–H and O–H groups in total. The van der Waals surface area contributed by atoms with Crippen LogP contribution in [0, 0.1) is 0 Å².